The molecule has 2 fully saturated rings. The molecule has 2 saturated heterocycles. The Labute approximate surface area is 141 Å². The summed E-state index contributed by atoms with van der Waals surface area (Å²) in [4.78, 5) is 26.1. The standard InChI is InChI=1S/C18H23NO5/c1-4-12-9-11(2)18(3,22)17(21)23-10-13-5-7-19-8-6-14(15(13)19)24-16(12)20/h4-5,14-15,22H,2,6-10H2,1,3H3/p+1/b12-4+/t14-,15-,18-/m0/s1. The lowest BCUT2D eigenvalue weighted by Gasteiger charge is -2.27. The van der Waals surface area contributed by atoms with Gasteiger partial charge in [0.15, 0.2) is 17.7 Å². The molecule has 130 valence electrons. The molecule has 0 amide bonds. The minimum Gasteiger partial charge on any atom is -0.459 e. The van der Waals surface area contributed by atoms with E-state index in [4.69, 9.17) is 9.47 Å². The Hall–Kier alpha value is -1.92. The Balaban J connectivity index is 1.92. The largest absolute Gasteiger partial charge is 0.459 e. The van der Waals surface area contributed by atoms with Crippen molar-refractivity contribution in [3.63, 3.8) is 0 Å². The molecule has 3 aliphatic heterocycles. The lowest BCUT2D eigenvalue weighted by molar-refractivity contribution is -0.896. The molecular formula is C18H24NO5+. The predicted molar refractivity (Wildman–Crippen MR) is 86.2 cm³/mol. The summed E-state index contributed by atoms with van der Waals surface area (Å²) in [6.07, 6.45) is 4.36. The second-order valence-corrected chi connectivity index (χ2v) is 6.84. The molecule has 0 aliphatic carbocycles. The van der Waals surface area contributed by atoms with Crippen LogP contribution in [0.4, 0.5) is 0 Å². The summed E-state index contributed by atoms with van der Waals surface area (Å²) in [7, 11) is 0. The summed E-state index contributed by atoms with van der Waals surface area (Å²) in [6, 6.07) is 0.0347. The van der Waals surface area contributed by atoms with Crippen molar-refractivity contribution in [1.29, 1.82) is 0 Å². The Morgan fingerprint density at radius 2 is 2.21 bits per heavy atom. The normalized spacial score (nSPS) is 38.8. The van der Waals surface area contributed by atoms with Crippen LogP contribution in [0.3, 0.4) is 0 Å². The van der Waals surface area contributed by atoms with Gasteiger partial charge in [-0.3, -0.25) is 0 Å². The summed E-state index contributed by atoms with van der Waals surface area (Å²) < 4.78 is 11.1. The number of aliphatic hydroxyl groups is 1. The van der Waals surface area contributed by atoms with Gasteiger partial charge in [-0.2, -0.15) is 0 Å². The third kappa shape index (κ3) is 2.80. The highest BCUT2D eigenvalue weighted by Gasteiger charge is 2.47. The van der Waals surface area contributed by atoms with Crippen molar-refractivity contribution in [2.45, 2.75) is 44.4 Å². The second kappa shape index (κ2) is 6.18. The molecule has 0 radical (unpaired) electrons. The highest BCUT2D eigenvalue weighted by atomic mass is 16.6. The zero-order valence-corrected chi connectivity index (χ0v) is 14.1. The first kappa shape index (κ1) is 16.9. The van der Waals surface area contributed by atoms with Gasteiger partial charge in [0.1, 0.15) is 6.61 Å². The van der Waals surface area contributed by atoms with E-state index in [1.807, 2.05) is 6.08 Å². The number of cyclic esters (lactones) is 1. The number of hydrogen-bond donors (Lipinski definition) is 2. The van der Waals surface area contributed by atoms with Gasteiger partial charge in [0, 0.05) is 24.0 Å². The molecule has 3 aliphatic rings. The van der Waals surface area contributed by atoms with Crippen LogP contribution in [0.5, 0.6) is 0 Å². The van der Waals surface area contributed by atoms with Crippen LogP contribution in [0.15, 0.2) is 35.5 Å². The molecule has 0 aromatic heterocycles. The number of carbonyl (C=O) groups is 2. The van der Waals surface area contributed by atoms with Crippen molar-refractivity contribution >= 4 is 11.9 Å². The minimum atomic E-state index is -1.84. The maximum Gasteiger partial charge on any atom is 0.342 e. The summed E-state index contributed by atoms with van der Waals surface area (Å²) in [5.74, 6) is -1.14. The van der Waals surface area contributed by atoms with Crippen LogP contribution in [-0.4, -0.2) is 54.5 Å². The van der Waals surface area contributed by atoms with Gasteiger partial charge in [-0.15, -0.1) is 0 Å². The van der Waals surface area contributed by atoms with Crippen LogP contribution in [-0.2, 0) is 19.1 Å². The summed E-state index contributed by atoms with van der Waals surface area (Å²) >= 11 is 0. The number of carbonyl (C=O) groups excluding carboxylic acids is 2. The lowest BCUT2D eigenvalue weighted by atomic mass is 9.91. The molecule has 6 heteroatoms. The number of ether oxygens (including phenoxy) is 2. The van der Waals surface area contributed by atoms with Gasteiger partial charge in [-0.1, -0.05) is 12.7 Å². The van der Waals surface area contributed by atoms with Gasteiger partial charge < -0.3 is 19.5 Å². The van der Waals surface area contributed by atoms with Crippen LogP contribution in [0.25, 0.3) is 0 Å². The van der Waals surface area contributed by atoms with E-state index < -0.39 is 17.5 Å². The number of hydrogen-bond acceptors (Lipinski definition) is 5. The molecule has 6 nitrogen and oxygen atoms in total. The van der Waals surface area contributed by atoms with E-state index >= 15 is 0 Å². The van der Waals surface area contributed by atoms with E-state index in [9.17, 15) is 14.7 Å². The fraction of sp³-hybridized carbons (Fsp3) is 0.556. The SMILES string of the molecule is C=C1C/C(=C\C)C(=O)O[C@H]2CC[NH+]3CC=C(COC(=O)[C@@]1(C)O)[C@@H]23. The highest BCUT2D eigenvalue weighted by molar-refractivity contribution is 5.90. The maximum absolute atomic E-state index is 12.5. The van der Waals surface area contributed by atoms with Crippen LogP contribution < -0.4 is 4.90 Å². The van der Waals surface area contributed by atoms with Crippen LogP contribution in [0.2, 0.25) is 0 Å². The van der Waals surface area contributed by atoms with E-state index in [0.29, 0.717) is 5.57 Å². The van der Waals surface area contributed by atoms with Crippen LogP contribution >= 0.6 is 0 Å². The molecular weight excluding hydrogens is 310 g/mol. The third-order valence-corrected chi connectivity index (χ3v) is 5.32. The Bertz CT molecular complexity index is 646. The van der Waals surface area contributed by atoms with Crippen LogP contribution in [0, 0.1) is 0 Å². The fourth-order valence-corrected chi connectivity index (χ4v) is 3.65. The third-order valence-electron chi connectivity index (χ3n) is 5.32. The molecule has 0 aromatic carbocycles. The van der Waals surface area contributed by atoms with Gasteiger partial charge in [0.25, 0.3) is 0 Å². The first-order valence-corrected chi connectivity index (χ1v) is 8.32. The van der Waals surface area contributed by atoms with E-state index in [2.05, 4.69) is 6.58 Å². The second-order valence-electron chi connectivity index (χ2n) is 6.84. The maximum atomic E-state index is 12.5. The summed E-state index contributed by atoms with van der Waals surface area (Å²) in [5, 5.41) is 10.5. The zero-order valence-electron chi connectivity index (χ0n) is 14.1. The predicted octanol–water partition coefficient (Wildman–Crippen LogP) is -0.304. The molecule has 24 heavy (non-hydrogen) atoms. The zero-order chi connectivity index (χ0) is 17.5. The highest BCUT2D eigenvalue weighted by Crippen LogP contribution is 2.27. The first-order chi connectivity index (χ1) is 11.3. The Morgan fingerprint density at radius 3 is 2.92 bits per heavy atom. The van der Waals surface area contributed by atoms with E-state index in [1.54, 1.807) is 13.0 Å². The van der Waals surface area contributed by atoms with E-state index in [-0.39, 0.29) is 30.7 Å². The molecule has 4 atom stereocenters. The molecule has 0 saturated carbocycles. The number of nitrogens with one attached hydrogen (secondary N) is 1. The molecule has 3 rings (SSSR count). The lowest BCUT2D eigenvalue weighted by Crippen LogP contribution is -3.12. The fourth-order valence-electron chi connectivity index (χ4n) is 3.65. The van der Waals surface area contributed by atoms with E-state index in [1.165, 1.54) is 11.8 Å². The van der Waals surface area contributed by atoms with Gasteiger partial charge in [0.05, 0.1) is 13.1 Å². The monoisotopic (exact) mass is 334 g/mol. The van der Waals surface area contributed by atoms with Gasteiger partial charge >= 0.3 is 11.9 Å². The summed E-state index contributed by atoms with van der Waals surface area (Å²) in [6.45, 7) is 8.73. The number of quaternary nitrogens is 1. The first-order valence-electron chi connectivity index (χ1n) is 8.32. The topological polar surface area (TPSA) is 77.3 Å². The summed E-state index contributed by atoms with van der Waals surface area (Å²) in [5.41, 5.74) is -0.272. The van der Waals surface area contributed by atoms with Crippen molar-refractivity contribution in [2.75, 3.05) is 19.7 Å². The van der Waals surface area contributed by atoms with Gasteiger partial charge in [-0.25, -0.2) is 9.59 Å². The average Bonchev–Trinajstić information content (AvgIpc) is 3.12. The van der Waals surface area contributed by atoms with Crippen molar-refractivity contribution in [2.24, 2.45) is 0 Å². The Morgan fingerprint density at radius 1 is 1.46 bits per heavy atom. The van der Waals surface area contributed by atoms with Crippen molar-refractivity contribution in [3.05, 3.63) is 35.5 Å². The molecule has 1 unspecified atom stereocenters. The number of esters is 2. The quantitative estimate of drug-likeness (QED) is 0.361. The molecule has 0 bridgehead atoms. The van der Waals surface area contributed by atoms with Crippen LogP contribution in [0.1, 0.15) is 26.7 Å². The molecule has 0 aromatic rings. The van der Waals surface area contributed by atoms with Gasteiger partial charge in [0.2, 0.25) is 0 Å². The average molecular weight is 334 g/mol. The van der Waals surface area contributed by atoms with Crippen molar-refractivity contribution < 1.29 is 29.1 Å². The molecule has 3 heterocycles. The van der Waals surface area contributed by atoms with Gasteiger partial charge in [-0.05, 0) is 25.5 Å². The smallest absolute Gasteiger partial charge is 0.342 e. The van der Waals surface area contributed by atoms with E-state index in [0.717, 1.165) is 25.1 Å². The molecule has 2 N–H and O–H groups in total. The minimum absolute atomic E-state index is 0.0347. The molecule has 0 spiro atoms. The number of allylic oxidation sites excluding steroid dienone is 1. The number of rotatable bonds is 0. The van der Waals surface area contributed by atoms with Crippen molar-refractivity contribution in [3.8, 4) is 0 Å². The van der Waals surface area contributed by atoms with Crippen molar-refractivity contribution in [1.82, 2.24) is 0 Å². The Kier molecular flexibility index (Phi) is 4.36.